The number of urea groups is 1. The molecule has 0 bridgehead atoms. The molecule has 0 saturated carbocycles. The molecule has 0 spiro atoms. The van der Waals surface area contributed by atoms with Gasteiger partial charge in [0, 0.05) is 6.42 Å². The van der Waals surface area contributed by atoms with E-state index in [1.54, 1.807) is 0 Å². The number of rotatable bonds is 4. The van der Waals surface area contributed by atoms with Crippen molar-refractivity contribution < 1.29 is 19.1 Å². The van der Waals surface area contributed by atoms with Gasteiger partial charge in [-0.2, -0.15) is 0 Å². The fraction of sp³-hybridized carbons (Fsp3) is 0.357. The van der Waals surface area contributed by atoms with Crippen LogP contribution in [0.5, 0.6) is 0 Å². The van der Waals surface area contributed by atoms with Crippen LogP contribution in [0.4, 0.5) is 4.79 Å². The maximum absolute atomic E-state index is 12.0. The molecule has 20 heavy (non-hydrogen) atoms. The van der Waals surface area contributed by atoms with Gasteiger partial charge in [-0.1, -0.05) is 30.3 Å². The predicted octanol–water partition coefficient (Wildman–Crippen LogP) is 0.713. The number of aryl methyl sites for hydroxylation is 1. The SMILES string of the molecule is COC(=O)C1CN(C(=O)CCc2ccccc2)C(=O)N1. The lowest BCUT2D eigenvalue weighted by Crippen LogP contribution is -2.35. The number of ether oxygens (including phenoxy) is 1. The predicted molar refractivity (Wildman–Crippen MR) is 70.8 cm³/mol. The highest BCUT2D eigenvalue weighted by Gasteiger charge is 2.37. The molecule has 6 heteroatoms. The fourth-order valence-corrected chi connectivity index (χ4v) is 2.06. The summed E-state index contributed by atoms with van der Waals surface area (Å²) in [5, 5.41) is 2.43. The summed E-state index contributed by atoms with van der Waals surface area (Å²) in [6.45, 7) is 0.0269. The van der Waals surface area contributed by atoms with Crippen molar-refractivity contribution in [3.63, 3.8) is 0 Å². The Balaban J connectivity index is 1.90. The van der Waals surface area contributed by atoms with E-state index in [1.807, 2.05) is 30.3 Å². The number of methoxy groups -OCH3 is 1. The zero-order valence-electron chi connectivity index (χ0n) is 11.2. The monoisotopic (exact) mass is 276 g/mol. The van der Waals surface area contributed by atoms with Gasteiger partial charge in [-0.3, -0.25) is 9.69 Å². The number of nitrogens with one attached hydrogen (secondary N) is 1. The third-order valence-corrected chi connectivity index (χ3v) is 3.17. The van der Waals surface area contributed by atoms with Crippen LogP contribution >= 0.6 is 0 Å². The second-order valence-electron chi connectivity index (χ2n) is 4.52. The van der Waals surface area contributed by atoms with Gasteiger partial charge in [-0.15, -0.1) is 0 Å². The first-order chi connectivity index (χ1) is 9.61. The van der Waals surface area contributed by atoms with E-state index >= 15 is 0 Å². The van der Waals surface area contributed by atoms with E-state index in [4.69, 9.17) is 0 Å². The van der Waals surface area contributed by atoms with Crippen LogP contribution in [0.2, 0.25) is 0 Å². The van der Waals surface area contributed by atoms with Crippen LogP contribution in [0, 0.1) is 0 Å². The third kappa shape index (κ3) is 3.14. The van der Waals surface area contributed by atoms with E-state index in [-0.39, 0.29) is 18.9 Å². The molecule has 1 fully saturated rings. The quantitative estimate of drug-likeness (QED) is 0.822. The number of hydrogen-bond acceptors (Lipinski definition) is 4. The summed E-state index contributed by atoms with van der Waals surface area (Å²) in [6.07, 6.45) is 0.789. The molecule has 0 radical (unpaired) electrons. The standard InChI is InChI=1S/C14H16N2O4/c1-20-13(18)11-9-16(14(19)15-11)12(17)8-7-10-5-3-2-4-6-10/h2-6,11H,7-9H2,1H3,(H,15,19). The van der Waals surface area contributed by atoms with E-state index in [0.717, 1.165) is 10.5 Å². The number of nitrogens with zero attached hydrogens (tertiary/aromatic N) is 1. The summed E-state index contributed by atoms with van der Waals surface area (Å²) in [6, 6.07) is 8.24. The van der Waals surface area contributed by atoms with Gasteiger partial charge in [0.1, 0.15) is 6.04 Å². The summed E-state index contributed by atoms with van der Waals surface area (Å²) in [5.74, 6) is -0.838. The molecule has 1 saturated heterocycles. The normalized spacial score (nSPS) is 17.8. The minimum absolute atomic E-state index is 0.0269. The van der Waals surface area contributed by atoms with Gasteiger partial charge < -0.3 is 10.1 Å². The third-order valence-electron chi connectivity index (χ3n) is 3.17. The highest BCUT2D eigenvalue weighted by Crippen LogP contribution is 2.10. The van der Waals surface area contributed by atoms with Crippen LogP contribution in [0.3, 0.4) is 0 Å². The molecule has 1 aromatic carbocycles. The Morgan fingerprint density at radius 3 is 2.70 bits per heavy atom. The molecule has 1 aromatic rings. The van der Waals surface area contributed by atoms with E-state index in [0.29, 0.717) is 6.42 Å². The molecular weight excluding hydrogens is 260 g/mol. The highest BCUT2D eigenvalue weighted by molar-refractivity contribution is 5.99. The molecule has 1 aliphatic rings. The molecule has 1 heterocycles. The van der Waals surface area contributed by atoms with Crippen LogP contribution < -0.4 is 5.32 Å². The molecule has 1 unspecified atom stereocenters. The number of carbonyl (C=O) groups is 3. The Labute approximate surface area is 116 Å². The lowest BCUT2D eigenvalue weighted by Gasteiger charge is -2.12. The Morgan fingerprint density at radius 2 is 2.05 bits per heavy atom. The van der Waals surface area contributed by atoms with Gasteiger partial charge in [0.2, 0.25) is 5.91 Å². The first-order valence-corrected chi connectivity index (χ1v) is 6.34. The van der Waals surface area contributed by atoms with Crippen molar-refractivity contribution in [3.8, 4) is 0 Å². The Kier molecular flexibility index (Phi) is 4.34. The van der Waals surface area contributed by atoms with Crippen LogP contribution in [-0.4, -0.2) is 42.5 Å². The second-order valence-corrected chi connectivity index (χ2v) is 4.52. The number of benzene rings is 1. The largest absolute Gasteiger partial charge is 0.467 e. The number of amides is 3. The summed E-state index contributed by atoms with van der Waals surface area (Å²) < 4.78 is 4.55. The maximum atomic E-state index is 12.0. The van der Waals surface area contributed by atoms with Crippen molar-refractivity contribution in [3.05, 3.63) is 35.9 Å². The smallest absolute Gasteiger partial charge is 0.330 e. The number of hydrogen-bond donors (Lipinski definition) is 1. The van der Waals surface area contributed by atoms with E-state index in [9.17, 15) is 14.4 Å². The van der Waals surface area contributed by atoms with Crippen molar-refractivity contribution >= 4 is 17.9 Å². The van der Waals surface area contributed by atoms with Gasteiger partial charge in [-0.05, 0) is 12.0 Å². The van der Waals surface area contributed by atoms with Crippen LogP contribution in [0.1, 0.15) is 12.0 Å². The van der Waals surface area contributed by atoms with Crippen molar-refractivity contribution in [2.75, 3.05) is 13.7 Å². The van der Waals surface area contributed by atoms with Crippen molar-refractivity contribution in [1.29, 1.82) is 0 Å². The van der Waals surface area contributed by atoms with E-state index in [1.165, 1.54) is 7.11 Å². The van der Waals surface area contributed by atoms with Crippen LogP contribution in [0.15, 0.2) is 30.3 Å². The zero-order valence-corrected chi connectivity index (χ0v) is 11.2. The maximum Gasteiger partial charge on any atom is 0.330 e. The van der Waals surface area contributed by atoms with Crippen molar-refractivity contribution in [2.45, 2.75) is 18.9 Å². The fourth-order valence-electron chi connectivity index (χ4n) is 2.06. The lowest BCUT2D eigenvalue weighted by molar-refractivity contribution is -0.142. The zero-order chi connectivity index (χ0) is 14.5. The number of carbonyl (C=O) groups excluding carboxylic acids is 3. The van der Waals surface area contributed by atoms with Crippen LogP contribution in [0.25, 0.3) is 0 Å². The molecule has 0 aromatic heterocycles. The molecule has 2 rings (SSSR count). The summed E-state index contributed by atoms with van der Waals surface area (Å²) >= 11 is 0. The molecule has 1 N–H and O–H groups in total. The summed E-state index contributed by atoms with van der Waals surface area (Å²) in [5.41, 5.74) is 1.03. The minimum Gasteiger partial charge on any atom is -0.467 e. The first kappa shape index (κ1) is 14.0. The lowest BCUT2D eigenvalue weighted by atomic mass is 10.1. The average molecular weight is 276 g/mol. The molecule has 1 aliphatic heterocycles. The number of imide groups is 1. The first-order valence-electron chi connectivity index (χ1n) is 6.34. The molecule has 6 nitrogen and oxygen atoms in total. The van der Waals surface area contributed by atoms with Gasteiger partial charge in [0.25, 0.3) is 0 Å². The molecule has 3 amide bonds. The molecule has 1 atom stereocenters. The van der Waals surface area contributed by atoms with Crippen molar-refractivity contribution in [1.82, 2.24) is 10.2 Å². The van der Waals surface area contributed by atoms with Crippen molar-refractivity contribution in [2.24, 2.45) is 0 Å². The second kappa shape index (κ2) is 6.18. The minimum atomic E-state index is -0.770. The van der Waals surface area contributed by atoms with Gasteiger partial charge >= 0.3 is 12.0 Å². The molecular formula is C14H16N2O4. The summed E-state index contributed by atoms with van der Waals surface area (Å²) in [4.78, 5) is 36.0. The van der Waals surface area contributed by atoms with E-state index < -0.39 is 18.0 Å². The Bertz CT molecular complexity index is 515. The molecule has 106 valence electrons. The highest BCUT2D eigenvalue weighted by atomic mass is 16.5. The van der Waals surface area contributed by atoms with Gasteiger partial charge in [0.15, 0.2) is 0 Å². The number of esters is 1. The average Bonchev–Trinajstić information content (AvgIpc) is 2.87. The van der Waals surface area contributed by atoms with Gasteiger partial charge in [-0.25, -0.2) is 9.59 Å². The summed E-state index contributed by atoms with van der Waals surface area (Å²) in [7, 11) is 1.24. The Hall–Kier alpha value is -2.37. The van der Waals surface area contributed by atoms with Crippen LogP contribution in [-0.2, 0) is 20.7 Å². The topological polar surface area (TPSA) is 75.7 Å². The molecule has 0 aliphatic carbocycles. The van der Waals surface area contributed by atoms with Gasteiger partial charge in [0.05, 0.1) is 13.7 Å². The Morgan fingerprint density at radius 1 is 1.35 bits per heavy atom. The van der Waals surface area contributed by atoms with E-state index in [2.05, 4.69) is 10.1 Å².